The van der Waals surface area contributed by atoms with Gasteiger partial charge in [-0.2, -0.15) is 0 Å². The third-order valence-corrected chi connectivity index (χ3v) is 4.08. The number of halogens is 1. The van der Waals surface area contributed by atoms with Gasteiger partial charge in [-0.3, -0.25) is 4.72 Å². The number of aryl methyl sites for hydroxylation is 2. The summed E-state index contributed by atoms with van der Waals surface area (Å²) in [4.78, 5) is 22.5. The maximum Gasteiger partial charge on any atom is 0.340 e. The highest BCUT2D eigenvalue weighted by Gasteiger charge is 2.14. The van der Waals surface area contributed by atoms with Gasteiger partial charge in [0.05, 0.1) is 43.5 Å². The van der Waals surface area contributed by atoms with E-state index in [2.05, 4.69) is 24.9 Å². The molecule has 13 heteroatoms. The van der Waals surface area contributed by atoms with E-state index >= 15 is 0 Å². The lowest BCUT2D eigenvalue weighted by Crippen LogP contribution is -2.14. The molecule has 2 rings (SSSR count). The summed E-state index contributed by atoms with van der Waals surface area (Å²) in [7, 11) is 0.478. The van der Waals surface area contributed by atoms with Gasteiger partial charge in [0.25, 0.3) is 0 Å². The largest absolute Gasteiger partial charge is 0.465 e. The second-order valence-corrected chi connectivity index (χ2v) is 11.5. The van der Waals surface area contributed by atoms with Crippen LogP contribution in [0.25, 0.3) is 0 Å². The molecule has 0 fully saturated rings. The van der Waals surface area contributed by atoms with Gasteiger partial charge in [0.15, 0.2) is 0 Å². The zero-order valence-electron chi connectivity index (χ0n) is 19.0. The molecule has 0 heterocycles. The molecule has 2 aromatic rings. The monoisotopic (exact) mass is 522 g/mol. The number of sulfonamides is 1. The van der Waals surface area contributed by atoms with Crippen LogP contribution in [0.1, 0.15) is 31.8 Å². The molecule has 0 unspecified atom stereocenters. The minimum absolute atomic E-state index is 0.202. The molecule has 33 heavy (non-hydrogen) atoms. The molecule has 0 spiro atoms. The number of nitrogens with two attached hydrogens (primary N) is 1. The SMILES string of the molecule is COC(=O)c1cc(C)ccc1N.COC(=O)c1cc(C)ccc1NS(C)(=O)=O.CS(=O)(=O)Cl. The van der Waals surface area contributed by atoms with Crippen LogP contribution in [0.5, 0.6) is 0 Å². The van der Waals surface area contributed by atoms with Crippen LogP contribution < -0.4 is 10.5 Å². The molecule has 3 N–H and O–H groups in total. The van der Waals surface area contributed by atoms with Gasteiger partial charge in [0.1, 0.15) is 0 Å². The molecule has 0 atom stereocenters. The summed E-state index contributed by atoms with van der Waals surface area (Å²) in [6, 6.07) is 10.1. The molecule has 0 radical (unpaired) electrons. The number of nitrogens with one attached hydrogen (secondary N) is 1. The molecule has 0 aliphatic rings. The number of methoxy groups -OCH3 is 2. The maximum absolute atomic E-state index is 11.4. The number of anilines is 2. The molecule has 0 saturated heterocycles. The van der Waals surface area contributed by atoms with Crippen LogP contribution in [-0.4, -0.2) is 55.5 Å². The number of hydrogen-bond acceptors (Lipinski definition) is 9. The van der Waals surface area contributed by atoms with Crippen molar-refractivity contribution in [1.29, 1.82) is 0 Å². The highest BCUT2D eigenvalue weighted by Crippen LogP contribution is 2.19. The van der Waals surface area contributed by atoms with Crippen molar-refractivity contribution in [2.45, 2.75) is 13.8 Å². The molecule has 184 valence electrons. The second kappa shape index (κ2) is 13.0. The third-order valence-electron chi connectivity index (χ3n) is 3.49. The van der Waals surface area contributed by atoms with Crippen LogP contribution in [0, 0.1) is 13.8 Å². The number of ether oxygens (including phenoxy) is 2. The molecule has 0 saturated carbocycles. The van der Waals surface area contributed by atoms with E-state index in [1.54, 1.807) is 31.2 Å². The maximum atomic E-state index is 11.4. The summed E-state index contributed by atoms with van der Waals surface area (Å²) < 4.78 is 52.4. The quantitative estimate of drug-likeness (QED) is 0.349. The number of esters is 2. The number of nitrogen functional groups attached to an aromatic ring is 1. The van der Waals surface area contributed by atoms with Crippen molar-refractivity contribution in [1.82, 2.24) is 0 Å². The fraction of sp³-hybridized carbons (Fsp3) is 0.300. The number of hydrogen-bond donors (Lipinski definition) is 2. The Hall–Kier alpha value is -2.83. The Bertz CT molecular complexity index is 1190. The van der Waals surface area contributed by atoms with Crippen molar-refractivity contribution in [2.75, 3.05) is 37.2 Å². The zero-order chi connectivity index (χ0) is 26.0. The van der Waals surface area contributed by atoms with Crippen molar-refractivity contribution >= 4 is 53.1 Å². The summed E-state index contributed by atoms with van der Waals surface area (Å²) in [6.45, 7) is 3.70. The van der Waals surface area contributed by atoms with Gasteiger partial charge < -0.3 is 15.2 Å². The Morgan fingerprint density at radius 3 is 1.67 bits per heavy atom. The third kappa shape index (κ3) is 13.3. The lowest BCUT2D eigenvalue weighted by Gasteiger charge is -2.09. The fourth-order valence-electron chi connectivity index (χ4n) is 2.18. The first-order valence-corrected chi connectivity index (χ1v) is 13.6. The lowest BCUT2D eigenvalue weighted by atomic mass is 10.1. The standard InChI is InChI=1S/C10H13NO4S.C9H11NO2.CH3ClO2S/c1-7-4-5-9(11-16(3,13)14)8(6-7)10(12)15-2;1-6-3-4-8(10)7(5-6)9(11)12-2;1-5(2,3)4/h4-6,11H,1-3H3;3-5H,10H2,1-2H3;1H3. The Labute approximate surface area is 198 Å². The average Bonchev–Trinajstić information content (AvgIpc) is 2.68. The van der Waals surface area contributed by atoms with Gasteiger partial charge in [-0.15, -0.1) is 0 Å². The van der Waals surface area contributed by atoms with E-state index in [0.29, 0.717) is 11.3 Å². The van der Waals surface area contributed by atoms with Gasteiger partial charge >= 0.3 is 11.9 Å². The van der Waals surface area contributed by atoms with Crippen molar-refractivity contribution in [2.24, 2.45) is 0 Å². The number of benzene rings is 2. The zero-order valence-corrected chi connectivity index (χ0v) is 21.4. The van der Waals surface area contributed by atoms with E-state index in [0.717, 1.165) is 23.6 Å². The first kappa shape index (κ1) is 30.2. The Morgan fingerprint density at radius 2 is 1.24 bits per heavy atom. The molecule has 0 bridgehead atoms. The van der Waals surface area contributed by atoms with Crippen LogP contribution in [-0.2, 0) is 28.5 Å². The molecule has 0 aliphatic carbocycles. The second-order valence-electron chi connectivity index (χ2n) is 6.68. The first-order chi connectivity index (χ1) is 15.0. The van der Waals surface area contributed by atoms with Crippen molar-refractivity contribution in [3.8, 4) is 0 Å². The molecular formula is C20H27ClN2O8S2. The number of carbonyl (C=O) groups is 2. The highest BCUT2D eigenvalue weighted by molar-refractivity contribution is 8.13. The lowest BCUT2D eigenvalue weighted by molar-refractivity contribution is 0.0593. The summed E-state index contributed by atoms with van der Waals surface area (Å²) in [6.07, 6.45) is 1.95. The van der Waals surface area contributed by atoms with Crippen LogP contribution in [0.3, 0.4) is 0 Å². The summed E-state index contributed by atoms with van der Waals surface area (Å²) >= 11 is 0. The van der Waals surface area contributed by atoms with E-state index in [1.165, 1.54) is 20.3 Å². The molecule has 0 aromatic heterocycles. The summed E-state index contributed by atoms with van der Waals surface area (Å²) in [5.74, 6) is -0.967. The fourth-order valence-corrected chi connectivity index (χ4v) is 2.76. The molecule has 10 nitrogen and oxygen atoms in total. The molecular weight excluding hydrogens is 496 g/mol. The molecule has 2 aromatic carbocycles. The average molecular weight is 523 g/mol. The van der Waals surface area contributed by atoms with Gasteiger partial charge in [0, 0.05) is 16.4 Å². The predicted octanol–water partition coefficient (Wildman–Crippen LogP) is 2.70. The topological polar surface area (TPSA) is 159 Å². The van der Waals surface area contributed by atoms with Gasteiger partial charge in [0.2, 0.25) is 19.1 Å². The minimum Gasteiger partial charge on any atom is -0.465 e. The highest BCUT2D eigenvalue weighted by atomic mass is 35.7. The van der Waals surface area contributed by atoms with E-state index < -0.39 is 31.0 Å². The van der Waals surface area contributed by atoms with Gasteiger partial charge in [-0.1, -0.05) is 23.3 Å². The van der Waals surface area contributed by atoms with Crippen LogP contribution >= 0.6 is 10.7 Å². The van der Waals surface area contributed by atoms with Crippen molar-refractivity contribution < 1.29 is 35.9 Å². The van der Waals surface area contributed by atoms with Gasteiger partial charge in [-0.05, 0) is 38.1 Å². The van der Waals surface area contributed by atoms with Crippen molar-refractivity contribution in [3.05, 3.63) is 58.7 Å². The van der Waals surface area contributed by atoms with Gasteiger partial charge in [-0.25, -0.2) is 26.4 Å². The molecule has 0 amide bonds. The van der Waals surface area contributed by atoms with Crippen LogP contribution in [0.4, 0.5) is 11.4 Å². The minimum atomic E-state index is -3.41. The van der Waals surface area contributed by atoms with E-state index in [9.17, 15) is 26.4 Å². The number of rotatable bonds is 4. The van der Waals surface area contributed by atoms with Crippen LogP contribution in [0.15, 0.2) is 36.4 Å². The Kier molecular flexibility index (Phi) is 11.9. The molecule has 0 aliphatic heterocycles. The Morgan fingerprint density at radius 1 is 0.848 bits per heavy atom. The van der Waals surface area contributed by atoms with Crippen molar-refractivity contribution in [3.63, 3.8) is 0 Å². The Balaban J connectivity index is 0.000000530. The van der Waals surface area contributed by atoms with E-state index in [1.807, 2.05) is 13.0 Å². The normalized spacial score (nSPS) is 10.5. The summed E-state index contributed by atoms with van der Waals surface area (Å²) in [5.41, 5.74) is 8.71. The van der Waals surface area contributed by atoms with E-state index in [4.69, 9.17) is 5.73 Å². The number of carbonyl (C=O) groups excluding carboxylic acids is 2. The summed E-state index contributed by atoms with van der Waals surface area (Å²) in [5, 5.41) is 0. The van der Waals surface area contributed by atoms with E-state index in [-0.39, 0.29) is 11.3 Å². The van der Waals surface area contributed by atoms with Crippen LogP contribution in [0.2, 0.25) is 0 Å². The predicted molar refractivity (Wildman–Crippen MR) is 129 cm³/mol. The first-order valence-electron chi connectivity index (χ1n) is 8.99. The smallest absolute Gasteiger partial charge is 0.340 e.